The number of imide groups is 2. The van der Waals surface area contributed by atoms with Gasteiger partial charge in [-0.25, -0.2) is 4.79 Å². The molecule has 2 saturated heterocycles. The van der Waals surface area contributed by atoms with Crippen molar-refractivity contribution in [1.82, 2.24) is 15.1 Å². The summed E-state index contributed by atoms with van der Waals surface area (Å²) in [4.78, 5) is 53.7. The summed E-state index contributed by atoms with van der Waals surface area (Å²) in [5, 5.41) is 13.5. The molecule has 1 spiro atoms. The third-order valence-corrected chi connectivity index (χ3v) is 5.82. The van der Waals surface area contributed by atoms with Gasteiger partial charge in [-0.3, -0.25) is 29.9 Å². The summed E-state index contributed by atoms with van der Waals surface area (Å²) in [6, 6.07) is 3.32. The van der Waals surface area contributed by atoms with Crippen molar-refractivity contribution in [1.29, 1.82) is 0 Å². The van der Waals surface area contributed by atoms with Crippen molar-refractivity contribution < 1.29 is 19.3 Å². The molecular weight excluding hydrogens is 354 g/mol. The van der Waals surface area contributed by atoms with Crippen molar-refractivity contribution in [3.63, 3.8) is 0 Å². The Balaban J connectivity index is 1.90. The number of rotatable bonds is 1. The lowest BCUT2D eigenvalue weighted by Crippen LogP contribution is -2.74. The van der Waals surface area contributed by atoms with Gasteiger partial charge in [0.05, 0.1) is 11.0 Å². The molecule has 10 nitrogen and oxygen atoms in total. The van der Waals surface area contributed by atoms with E-state index in [9.17, 15) is 24.5 Å². The lowest BCUT2D eigenvalue weighted by molar-refractivity contribution is -0.384. The summed E-state index contributed by atoms with van der Waals surface area (Å²) >= 11 is 0. The number of nitrogens with one attached hydrogen (secondary N) is 1. The Morgan fingerprint density at radius 2 is 1.96 bits per heavy atom. The number of hydrogen-bond donors (Lipinski definition) is 1. The normalized spacial score (nSPS) is 28.1. The number of fused-ring (bicyclic) bond motifs is 4. The predicted molar refractivity (Wildman–Crippen MR) is 94.2 cm³/mol. The van der Waals surface area contributed by atoms with E-state index < -0.39 is 34.2 Å². The molecule has 3 aliphatic heterocycles. The molecule has 0 aliphatic carbocycles. The smallest absolute Gasteiger partial charge is 0.330 e. The fourth-order valence-electron chi connectivity index (χ4n) is 4.39. The molecule has 4 amide bonds. The summed E-state index contributed by atoms with van der Waals surface area (Å²) in [6.07, 6.45) is 0.0152. The number of anilines is 1. The van der Waals surface area contributed by atoms with E-state index in [2.05, 4.69) is 5.32 Å². The van der Waals surface area contributed by atoms with Crippen LogP contribution in [0.25, 0.3) is 0 Å². The Morgan fingerprint density at radius 1 is 1.22 bits per heavy atom. The zero-order valence-corrected chi connectivity index (χ0v) is 15.0. The second-order valence-corrected chi connectivity index (χ2v) is 7.31. The number of hydrogen-bond acceptors (Lipinski definition) is 7. The molecule has 3 aliphatic rings. The summed E-state index contributed by atoms with van der Waals surface area (Å²) in [7, 11) is 3.25. The van der Waals surface area contributed by atoms with E-state index in [1.807, 2.05) is 16.8 Å². The van der Waals surface area contributed by atoms with Gasteiger partial charge in [-0.15, -0.1) is 0 Å². The monoisotopic (exact) mass is 373 g/mol. The molecule has 0 unspecified atom stereocenters. The maximum atomic E-state index is 13.2. The molecule has 2 fully saturated rings. The highest BCUT2D eigenvalue weighted by Gasteiger charge is 2.62. The highest BCUT2D eigenvalue weighted by atomic mass is 16.6. The van der Waals surface area contributed by atoms with Crippen LogP contribution < -0.4 is 10.2 Å². The second-order valence-electron chi connectivity index (χ2n) is 7.31. The molecule has 3 heterocycles. The molecule has 10 heteroatoms. The van der Waals surface area contributed by atoms with Crippen LogP contribution in [0.15, 0.2) is 18.2 Å². The number of benzene rings is 1. The third-order valence-electron chi connectivity index (χ3n) is 5.82. The Bertz CT molecular complexity index is 886. The number of non-ortho nitro benzene ring substituents is 1. The van der Waals surface area contributed by atoms with Crippen LogP contribution in [-0.2, 0) is 16.0 Å². The van der Waals surface area contributed by atoms with Gasteiger partial charge in [0.25, 0.3) is 5.69 Å². The van der Waals surface area contributed by atoms with Crippen molar-refractivity contribution in [3.05, 3.63) is 33.9 Å². The number of barbiturate groups is 1. The summed E-state index contributed by atoms with van der Waals surface area (Å²) < 4.78 is 0. The molecule has 0 radical (unpaired) electrons. The van der Waals surface area contributed by atoms with Crippen molar-refractivity contribution in [2.24, 2.45) is 5.41 Å². The van der Waals surface area contributed by atoms with E-state index in [0.29, 0.717) is 18.7 Å². The third kappa shape index (κ3) is 2.33. The maximum Gasteiger partial charge on any atom is 0.330 e. The molecule has 4 rings (SSSR count). The van der Waals surface area contributed by atoms with Crippen LogP contribution in [-0.4, -0.2) is 72.3 Å². The Kier molecular flexibility index (Phi) is 3.70. The Morgan fingerprint density at radius 3 is 2.67 bits per heavy atom. The first kappa shape index (κ1) is 17.4. The first-order chi connectivity index (χ1) is 12.8. The van der Waals surface area contributed by atoms with Gasteiger partial charge in [-0.1, -0.05) is 0 Å². The molecule has 1 aromatic rings. The number of nitro benzene ring substituents is 1. The number of nitrogens with zero attached hydrogens (tertiary/aromatic N) is 4. The van der Waals surface area contributed by atoms with E-state index in [4.69, 9.17) is 0 Å². The number of nitro groups is 1. The van der Waals surface area contributed by atoms with E-state index in [0.717, 1.165) is 17.1 Å². The molecular formula is C17H19N5O5. The highest BCUT2D eigenvalue weighted by molar-refractivity contribution is 6.20. The van der Waals surface area contributed by atoms with E-state index in [1.165, 1.54) is 19.2 Å². The van der Waals surface area contributed by atoms with Gasteiger partial charge in [-0.2, -0.15) is 0 Å². The van der Waals surface area contributed by atoms with Crippen LogP contribution >= 0.6 is 0 Å². The molecule has 0 bridgehead atoms. The molecule has 27 heavy (non-hydrogen) atoms. The topological polar surface area (TPSA) is 116 Å². The van der Waals surface area contributed by atoms with Crippen LogP contribution in [0.4, 0.5) is 16.2 Å². The minimum absolute atomic E-state index is 0.0152. The van der Waals surface area contributed by atoms with Crippen molar-refractivity contribution in [2.45, 2.75) is 12.5 Å². The first-order valence-corrected chi connectivity index (χ1v) is 8.62. The molecule has 1 N–H and O–H groups in total. The molecule has 1 aromatic carbocycles. The Labute approximate surface area is 154 Å². The second kappa shape index (κ2) is 5.74. The number of amides is 4. The maximum absolute atomic E-state index is 13.2. The zero-order chi connectivity index (χ0) is 19.5. The van der Waals surface area contributed by atoms with Gasteiger partial charge in [0, 0.05) is 50.9 Å². The van der Waals surface area contributed by atoms with Gasteiger partial charge >= 0.3 is 6.03 Å². The van der Waals surface area contributed by atoms with E-state index in [-0.39, 0.29) is 12.1 Å². The van der Waals surface area contributed by atoms with Crippen LogP contribution in [0.2, 0.25) is 0 Å². The molecule has 0 aromatic heterocycles. The fourth-order valence-corrected chi connectivity index (χ4v) is 4.39. The number of carbonyl (C=O) groups excluding carboxylic acids is 3. The van der Waals surface area contributed by atoms with Crippen molar-refractivity contribution in [3.8, 4) is 0 Å². The predicted octanol–water partition coefficient (Wildman–Crippen LogP) is -0.0341. The summed E-state index contributed by atoms with van der Waals surface area (Å²) in [5.74, 6) is -1.21. The minimum atomic E-state index is -1.50. The number of likely N-dealkylation sites (N-methyl/N-ethyl adjacent to an activating group) is 1. The average molecular weight is 373 g/mol. The molecule has 0 saturated carbocycles. The quantitative estimate of drug-likeness (QED) is 0.417. The van der Waals surface area contributed by atoms with Crippen molar-refractivity contribution in [2.75, 3.05) is 38.6 Å². The van der Waals surface area contributed by atoms with Crippen LogP contribution in [0.5, 0.6) is 0 Å². The minimum Gasteiger partial charge on any atom is -0.364 e. The molecule has 142 valence electrons. The van der Waals surface area contributed by atoms with Gasteiger partial charge in [0.1, 0.15) is 0 Å². The highest BCUT2D eigenvalue weighted by Crippen LogP contribution is 2.46. The Hall–Kier alpha value is -3.01. The number of urea groups is 1. The largest absolute Gasteiger partial charge is 0.364 e. The van der Waals surface area contributed by atoms with Gasteiger partial charge in [0.15, 0.2) is 5.41 Å². The first-order valence-electron chi connectivity index (χ1n) is 8.62. The zero-order valence-electron chi connectivity index (χ0n) is 15.0. The van der Waals surface area contributed by atoms with E-state index >= 15 is 0 Å². The average Bonchev–Trinajstić information content (AvgIpc) is 2.64. The number of carbonyl (C=O) groups is 3. The standard InChI is InChI=1S/C17H19N5O5/c1-19-5-6-21-12-4-3-11(22(26)27)7-10(12)8-17(13(21)9-19)14(23)18-16(25)20(2)15(17)24/h3-4,7,13H,5-6,8-9H2,1-2H3,(H,18,23,25)/t13-,17+/m0/s1. The summed E-state index contributed by atoms with van der Waals surface area (Å²) in [6.45, 7) is 1.77. The van der Waals surface area contributed by atoms with E-state index in [1.54, 1.807) is 6.07 Å². The number of piperazine rings is 1. The van der Waals surface area contributed by atoms with Gasteiger partial charge in [0.2, 0.25) is 11.8 Å². The molecule has 2 atom stereocenters. The summed E-state index contributed by atoms with van der Waals surface area (Å²) in [5.41, 5.74) is -0.232. The van der Waals surface area contributed by atoms with Crippen LogP contribution in [0.1, 0.15) is 5.56 Å². The van der Waals surface area contributed by atoms with Crippen LogP contribution in [0, 0.1) is 15.5 Å². The van der Waals surface area contributed by atoms with Crippen molar-refractivity contribution >= 4 is 29.2 Å². The fraction of sp³-hybridized carbons (Fsp3) is 0.471. The van der Waals surface area contributed by atoms with Crippen LogP contribution in [0.3, 0.4) is 0 Å². The van der Waals surface area contributed by atoms with Gasteiger partial charge < -0.3 is 9.80 Å². The lowest BCUT2D eigenvalue weighted by Gasteiger charge is -2.54. The van der Waals surface area contributed by atoms with Gasteiger partial charge in [-0.05, 0) is 18.7 Å². The lowest BCUT2D eigenvalue weighted by atomic mass is 9.67. The SMILES string of the molecule is CN1CCN2c3ccc([N+](=O)[O-])cc3C[C@]3(C(=O)NC(=O)N(C)C3=O)[C@@H]2C1.